The summed E-state index contributed by atoms with van der Waals surface area (Å²) in [4.78, 5) is 14.8. The molecule has 0 spiro atoms. The minimum Gasteiger partial charge on any atom is -0.493 e. The minimum atomic E-state index is 0. The minimum absolute atomic E-state index is 0. The lowest BCUT2D eigenvalue weighted by Crippen LogP contribution is -2.40. The van der Waals surface area contributed by atoms with Crippen LogP contribution >= 0.6 is 24.0 Å². The highest BCUT2D eigenvalue weighted by atomic mass is 35.5. The van der Waals surface area contributed by atoms with E-state index in [1.54, 1.807) is 18.2 Å². The molecule has 1 aliphatic heterocycles. The molecule has 0 aliphatic carbocycles. The monoisotopic (exact) mass is 374 g/mol. The van der Waals surface area contributed by atoms with Crippen LogP contribution in [0.25, 0.3) is 0 Å². The van der Waals surface area contributed by atoms with Crippen LogP contribution < -0.4 is 10.1 Å². The van der Waals surface area contributed by atoms with Gasteiger partial charge in [-0.15, -0.1) is 12.4 Å². The summed E-state index contributed by atoms with van der Waals surface area (Å²) in [7, 11) is 0. The Labute approximate surface area is 156 Å². The summed E-state index contributed by atoms with van der Waals surface area (Å²) >= 11 is 6.08. The molecule has 4 nitrogen and oxygen atoms in total. The number of benzene rings is 1. The first kappa shape index (κ1) is 21.1. The normalized spacial score (nSPS) is 15.0. The fourth-order valence-corrected chi connectivity index (χ4v) is 3.04. The van der Waals surface area contributed by atoms with Gasteiger partial charge < -0.3 is 15.0 Å². The molecule has 0 unspecified atom stereocenters. The van der Waals surface area contributed by atoms with Crippen molar-refractivity contribution < 1.29 is 9.53 Å². The number of hydrogen-bond acceptors (Lipinski definition) is 3. The molecular formula is C18H28Cl2N2O2. The fraction of sp³-hybridized carbons (Fsp3) is 0.611. The van der Waals surface area contributed by atoms with Crippen LogP contribution in [0.3, 0.4) is 0 Å². The molecular weight excluding hydrogens is 347 g/mol. The van der Waals surface area contributed by atoms with E-state index in [0.717, 1.165) is 45.4 Å². The predicted octanol–water partition coefficient (Wildman–Crippen LogP) is 4.01. The summed E-state index contributed by atoms with van der Waals surface area (Å²) in [6.07, 6.45) is 3.00. The second-order valence-electron chi connectivity index (χ2n) is 6.03. The van der Waals surface area contributed by atoms with E-state index in [0.29, 0.717) is 28.9 Å². The van der Waals surface area contributed by atoms with Crippen molar-refractivity contribution in [3.05, 3.63) is 28.8 Å². The molecule has 0 atom stereocenters. The van der Waals surface area contributed by atoms with Crippen LogP contribution in [0.2, 0.25) is 5.02 Å². The SMILES string of the molecule is CCCOc1ccc(Cl)cc1C(=O)N1CCC(CNCC)CC1.Cl. The lowest BCUT2D eigenvalue weighted by molar-refractivity contribution is 0.0686. The molecule has 1 amide bonds. The molecule has 1 aromatic rings. The van der Waals surface area contributed by atoms with Crippen molar-refractivity contribution in [2.24, 2.45) is 5.92 Å². The molecule has 136 valence electrons. The topological polar surface area (TPSA) is 41.6 Å². The van der Waals surface area contributed by atoms with Gasteiger partial charge in [-0.3, -0.25) is 4.79 Å². The third kappa shape index (κ3) is 5.83. The zero-order valence-corrected chi connectivity index (χ0v) is 16.1. The van der Waals surface area contributed by atoms with E-state index >= 15 is 0 Å². The molecule has 1 aliphatic rings. The number of piperidine rings is 1. The van der Waals surface area contributed by atoms with Crippen molar-refractivity contribution in [2.75, 3.05) is 32.8 Å². The van der Waals surface area contributed by atoms with Crippen LogP contribution in [0.5, 0.6) is 5.75 Å². The molecule has 0 aromatic heterocycles. The lowest BCUT2D eigenvalue weighted by Gasteiger charge is -2.32. The summed E-state index contributed by atoms with van der Waals surface area (Å²) in [5, 5.41) is 3.96. The molecule has 1 saturated heterocycles. The molecule has 0 radical (unpaired) electrons. The van der Waals surface area contributed by atoms with E-state index in [1.165, 1.54) is 0 Å². The maximum absolute atomic E-state index is 12.8. The first-order valence-electron chi connectivity index (χ1n) is 8.58. The largest absolute Gasteiger partial charge is 0.493 e. The van der Waals surface area contributed by atoms with Gasteiger partial charge in [-0.1, -0.05) is 25.4 Å². The maximum atomic E-state index is 12.8. The Kier molecular flexibility index (Phi) is 9.49. The zero-order valence-electron chi connectivity index (χ0n) is 14.5. The second-order valence-corrected chi connectivity index (χ2v) is 6.47. The van der Waals surface area contributed by atoms with Crippen LogP contribution in [0.15, 0.2) is 18.2 Å². The predicted molar refractivity (Wildman–Crippen MR) is 102 cm³/mol. The number of nitrogens with zero attached hydrogens (tertiary/aromatic N) is 1. The third-order valence-electron chi connectivity index (χ3n) is 4.22. The van der Waals surface area contributed by atoms with Crippen molar-refractivity contribution >= 4 is 29.9 Å². The van der Waals surface area contributed by atoms with Gasteiger partial charge in [-0.05, 0) is 56.5 Å². The van der Waals surface area contributed by atoms with Gasteiger partial charge >= 0.3 is 0 Å². The van der Waals surface area contributed by atoms with Crippen molar-refractivity contribution in [3.63, 3.8) is 0 Å². The average Bonchev–Trinajstić information content (AvgIpc) is 2.58. The van der Waals surface area contributed by atoms with Crippen molar-refractivity contribution in [2.45, 2.75) is 33.1 Å². The number of amides is 1. The number of nitrogens with one attached hydrogen (secondary N) is 1. The third-order valence-corrected chi connectivity index (χ3v) is 4.45. The number of likely N-dealkylation sites (tertiary alicyclic amines) is 1. The number of hydrogen-bond donors (Lipinski definition) is 1. The van der Waals surface area contributed by atoms with Crippen molar-refractivity contribution in [1.29, 1.82) is 0 Å². The number of rotatable bonds is 7. The Morgan fingerprint density at radius 2 is 2.04 bits per heavy atom. The van der Waals surface area contributed by atoms with Gasteiger partial charge in [0.05, 0.1) is 12.2 Å². The van der Waals surface area contributed by atoms with E-state index in [-0.39, 0.29) is 18.3 Å². The Morgan fingerprint density at radius 3 is 2.67 bits per heavy atom. The molecule has 1 N–H and O–H groups in total. The number of halogens is 2. The van der Waals surface area contributed by atoms with Crippen molar-refractivity contribution in [1.82, 2.24) is 10.2 Å². The van der Waals surface area contributed by atoms with Gasteiger partial charge in [0.25, 0.3) is 5.91 Å². The van der Waals surface area contributed by atoms with Gasteiger partial charge in [-0.25, -0.2) is 0 Å². The van der Waals surface area contributed by atoms with Crippen LogP contribution in [-0.4, -0.2) is 43.6 Å². The second kappa shape index (κ2) is 10.8. The van der Waals surface area contributed by atoms with Gasteiger partial charge in [0.15, 0.2) is 0 Å². The van der Waals surface area contributed by atoms with E-state index in [1.807, 2.05) is 11.8 Å². The molecule has 24 heavy (non-hydrogen) atoms. The summed E-state index contributed by atoms with van der Waals surface area (Å²) in [6.45, 7) is 8.42. The number of carbonyl (C=O) groups is 1. The first-order valence-corrected chi connectivity index (χ1v) is 8.95. The molecule has 0 saturated carbocycles. The molecule has 0 bridgehead atoms. The highest BCUT2D eigenvalue weighted by Crippen LogP contribution is 2.26. The van der Waals surface area contributed by atoms with Gasteiger partial charge in [-0.2, -0.15) is 0 Å². The van der Waals surface area contributed by atoms with Crippen LogP contribution in [0.4, 0.5) is 0 Å². The van der Waals surface area contributed by atoms with E-state index in [2.05, 4.69) is 12.2 Å². The smallest absolute Gasteiger partial charge is 0.257 e. The van der Waals surface area contributed by atoms with Crippen LogP contribution in [-0.2, 0) is 0 Å². The van der Waals surface area contributed by atoms with Crippen LogP contribution in [0, 0.1) is 5.92 Å². The number of ether oxygens (including phenoxy) is 1. The van der Waals surface area contributed by atoms with E-state index < -0.39 is 0 Å². The highest BCUT2D eigenvalue weighted by molar-refractivity contribution is 6.31. The Balaban J connectivity index is 0.00000288. The van der Waals surface area contributed by atoms with E-state index in [4.69, 9.17) is 16.3 Å². The van der Waals surface area contributed by atoms with Gasteiger partial charge in [0.2, 0.25) is 0 Å². The van der Waals surface area contributed by atoms with E-state index in [9.17, 15) is 4.79 Å². The Bertz CT molecular complexity index is 518. The summed E-state index contributed by atoms with van der Waals surface area (Å²) in [6, 6.07) is 5.29. The maximum Gasteiger partial charge on any atom is 0.257 e. The first-order chi connectivity index (χ1) is 11.2. The standard InChI is InChI=1S/C18H27ClN2O2.ClH/c1-3-11-23-17-6-5-15(19)12-16(17)18(22)21-9-7-14(8-10-21)13-20-4-2;/h5-6,12,14,20H,3-4,7-11,13H2,1-2H3;1H. The fourth-order valence-electron chi connectivity index (χ4n) is 2.87. The summed E-state index contributed by atoms with van der Waals surface area (Å²) in [5.74, 6) is 1.32. The zero-order chi connectivity index (χ0) is 16.7. The molecule has 1 heterocycles. The average molecular weight is 375 g/mol. The Morgan fingerprint density at radius 1 is 1.33 bits per heavy atom. The van der Waals surface area contributed by atoms with Gasteiger partial charge in [0, 0.05) is 18.1 Å². The molecule has 6 heteroatoms. The van der Waals surface area contributed by atoms with Gasteiger partial charge in [0.1, 0.15) is 5.75 Å². The quantitative estimate of drug-likeness (QED) is 0.783. The summed E-state index contributed by atoms with van der Waals surface area (Å²) in [5.41, 5.74) is 0.580. The highest BCUT2D eigenvalue weighted by Gasteiger charge is 2.25. The Hall–Kier alpha value is -0.970. The number of carbonyl (C=O) groups excluding carboxylic acids is 1. The van der Waals surface area contributed by atoms with Crippen molar-refractivity contribution in [3.8, 4) is 5.75 Å². The molecule has 2 rings (SSSR count). The lowest BCUT2D eigenvalue weighted by atomic mass is 9.96. The van der Waals surface area contributed by atoms with Crippen LogP contribution in [0.1, 0.15) is 43.5 Å². The molecule has 1 aromatic carbocycles. The molecule has 1 fully saturated rings. The summed E-state index contributed by atoms with van der Waals surface area (Å²) < 4.78 is 5.71.